The molecule has 11 heavy (non-hydrogen) atoms. The first-order valence-corrected chi connectivity index (χ1v) is 4.20. The van der Waals surface area contributed by atoms with Gasteiger partial charge in [-0.05, 0) is 24.2 Å². The Balaban J connectivity index is 2.35. The van der Waals surface area contributed by atoms with E-state index in [4.69, 9.17) is 0 Å². The van der Waals surface area contributed by atoms with Crippen LogP contribution in [0.1, 0.15) is 19.3 Å². The lowest BCUT2D eigenvalue weighted by Crippen LogP contribution is -2.04. The first-order chi connectivity index (χ1) is 5.20. The Morgan fingerprint density at radius 3 is 2.82 bits per heavy atom. The molecule has 0 aromatic carbocycles. The molecule has 62 valence electrons. The number of carbonyl (C=O) groups excluding carboxylic acids is 1. The van der Waals surface area contributed by atoms with Gasteiger partial charge in [0.2, 0.25) is 0 Å². The van der Waals surface area contributed by atoms with Crippen molar-refractivity contribution >= 4 is 16.9 Å². The summed E-state index contributed by atoms with van der Waals surface area (Å²) >= 11 is 0.687. The highest BCUT2D eigenvalue weighted by atomic mass is 32.2. The summed E-state index contributed by atoms with van der Waals surface area (Å²) in [5.74, 6) is 0. The summed E-state index contributed by atoms with van der Waals surface area (Å²) in [6, 6.07) is 0. The summed E-state index contributed by atoms with van der Waals surface area (Å²) in [5.41, 5.74) is 0. The Morgan fingerprint density at radius 1 is 1.64 bits per heavy atom. The van der Waals surface area contributed by atoms with Gasteiger partial charge in [-0.25, -0.2) is 8.78 Å². The van der Waals surface area contributed by atoms with Crippen molar-refractivity contribution in [1.82, 2.24) is 0 Å². The number of carbonyl (C=O) groups is 1. The maximum Gasteiger partial charge on any atom is 0.306 e. The Morgan fingerprint density at radius 2 is 2.36 bits per heavy atom. The average molecular weight is 178 g/mol. The summed E-state index contributed by atoms with van der Waals surface area (Å²) in [4.78, 5) is 11.3. The summed E-state index contributed by atoms with van der Waals surface area (Å²) in [6.07, 6.45) is 1.70. The van der Waals surface area contributed by atoms with E-state index in [0.717, 1.165) is 24.2 Å². The Bertz CT molecular complexity index is 189. The van der Waals surface area contributed by atoms with Gasteiger partial charge < -0.3 is 0 Å². The van der Waals surface area contributed by atoms with Crippen LogP contribution in [0.2, 0.25) is 0 Å². The molecule has 0 bridgehead atoms. The van der Waals surface area contributed by atoms with Gasteiger partial charge in [0.25, 0.3) is 5.12 Å². The van der Waals surface area contributed by atoms with Crippen molar-refractivity contribution in [2.24, 2.45) is 0 Å². The minimum Gasteiger partial charge on any atom is -0.280 e. The van der Waals surface area contributed by atoms with E-state index >= 15 is 0 Å². The molecule has 0 aromatic rings. The lowest BCUT2D eigenvalue weighted by atomic mass is 10.4. The highest BCUT2D eigenvalue weighted by molar-refractivity contribution is 8.17. The van der Waals surface area contributed by atoms with Gasteiger partial charge in [0.1, 0.15) is 0 Å². The predicted molar refractivity (Wildman–Crippen MR) is 40.5 cm³/mol. The molecular formula is C7H8F2OS. The van der Waals surface area contributed by atoms with Gasteiger partial charge in [-0.3, -0.25) is 4.79 Å². The number of allylic oxidation sites excluding steroid dienone is 2. The number of halogens is 2. The highest BCUT2D eigenvalue weighted by Gasteiger charge is 2.18. The number of alkyl halides is 2. The lowest BCUT2D eigenvalue weighted by molar-refractivity contribution is -0.120. The number of rotatable bonds is 2. The molecule has 1 aliphatic carbocycles. The maximum absolute atomic E-state index is 11.7. The molecule has 4 heteroatoms. The fraction of sp³-hybridized carbons (Fsp3) is 0.571. The molecule has 1 nitrogen and oxygen atoms in total. The Labute approximate surface area is 67.8 Å². The van der Waals surface area contributed by atoms with Crippen molar-refractivity contribution in [3.05, 3.63) is 11.0 Å². The SMILES string of the molecule is O=C(SC1=CCCC1)C(F)F. The first kappa shape index (κ1) is 8.71. The zero-order valence-corrected chi connectivity index (χ0v) is 6.66. The highest BCUT2D eigenvalue weighted by Crippen LogP contribution is 2.30. The quantitative estimate of drug-likeness (QED) is 0.646. The minimum absolute atomic E-state index is 0.687. The molecule has 0 radical (unpaired) electrons. The number of thioether (sulfide) groups is 1. The monoisotopic (exact) mass is 178 g/mol. The second-order valence-corrected chi connectivity index (χ2v) is 3.42. The number of hydrogen-bond acceptors (Lipinski definition) is 2. The smallest absolute Gasteiger partial charge is 0.280 e. The molecule has 0 N–H and O–H groups in total. The molecule has 0 heterocycles. The van der Waals surface area contributed by atoms with Crippen LogP contribution in [0, 0.1) is 0 Å². The molecule has 1 rings (SSSR count). The van der Waals surface area contributed by atoms with Crippen LogP contribution in [0.25, 0.3) is 0 Å². The summed E-state index contributed by atoms with van der Waals surface area (Å²) in [7, 11) is 0. The molecule has 0 fully saturated rings. The Kier molecular flexibility index (Phi) is 3.05. The standard InChI is InChI=1S/C7H8F2OS/c8-6(9)7(10)11-5-3-1-2-4-5/h3,6H,1-2,4H2. The van der Waals surface area contributed by atoms with Crippen LogP contribution < -0.4 is 0 Å². The van der Waals surface area contributed by atoms with Crippen molar-refractivity contribution in [2.75, 3.05) is 0 Å². The van der Waals surface area contributed by atoms with E-state index in [2.05, 4.69) is 0 Å². The van der Waals surface area contributed by atoms with Crippen LogP contribution in [-0.4, -0.2) is 11.5 Å². The molecule has 0 unspecified atom stereocenters. The normalized spacial score (nSPS) is 17.2. The van der Waals surface area contributed by atoms with Crippen molar-refractivity contribution in [3.63, 3.8) is 0 Å². The van der Waals surface area contributed by atoms with Crippen molar-refractivity contribution in [3.8, 4) is 0 Å². The van der Waals surface area contributed by atoms with Crippen LogP contribution in [-0.2, 0) is 4.79 Å². The fourth-order valence-electron chi connectivity index (χ4n) is 0.908. The van der Waals surface area contributed by atoms with Gasteiger partial charge in [-0.1, -0.05) is 17.8 Å². The average Bonchev–Trinajstić information content (AvgIpc) is 2.39. The Hall–Kier alpha value is -0.380. The van der Waals surface area contributed by atoms with Crippen LogP contribution in [0.15, 0.2) is 11.0 Å². The van der Waals surface area contributed by atoms with E-state index < -0.39 is 11.5 Å². The van der Waals surface area contributed by atoms with E-state index in [1.54, 1.807) is 0 Å². The molecule has 0 aromatic heterocycles. The van der Waals surface area contributed by atoms with Crippen molar-refractivity contribution in [1.29, 1.82) is 0 Å². The van der Waals surface area contributed by atoms with E-state index in [9.17, 15) is 13.6 Å². The van der Waals surface area contributed by atoms with E-state index in [1.807, 2.05) is 6.08 Å². The van der Waals surface area contributed by atoms with Crippen LogP contribution in [0.4, 0.5) is 8.78 Å². The third-order valence-corrected chi connectivity index (χ3v) is 2.42. The molecule has 0 spiro atoms. The van der Waals surface area contributed by atoms with Crippen LogP contribution in [0.3, 0.4) is 0 Å². The fourth-order valence-corrected chi connectivity index (χ4v) is 1.70. The van der Waals surface area contributed by atoms with Gasteiger partial charge in [0.05, 0.1) is 0 Å². The zero-order chi connectivity index (χ0) is 8.27. The predicted octanol–water partition coefficient (Wildman–Crippen LogP) is 2.58. The molecule has 0 atom stereocenters. The van der Waals surface area contributed by atoms with E-state index in [0.29, 0.717) is 11.8 Å². The van der Waals surface area contributed by atoms with Crippen molar-refractivity contribution in [2.45, 2.75) is 25.7 Å². The second-order valence-electron chi connectivity index (χ2n) is 2.28. The first-order valence-electron chi connectivity index (χ1n) is 3.39. The van der Waals surface area contributed by atoms with E-state index in [-0.39, 0.29) is 0 Å². The molecule has 0 saturated heterocycles. The van der Waals surface area contributed by atoms with Gasteiger partial charge in [-0.2, -0.15) is 0 Å². The number of hydrogen-bond donors (Lipinski definition) is 0. The van der Waals surface area contributed by atoms with E-state index in [1.165, 1.54) is 0 Å². The summed E-state index contributed by atoms with van der Waals surface area (Å²) in [5, 5.41) is -1.03. The van der Waals surface area contributed by atoms with Gasteiger partial charge in [0.15, 0.2) is 0 Å². The molecule has 0 aliphatic heterocycles. The van der Waals surface area contributed by atoms with Crippen LogP contribution >= 0.6 is 11.8 Å². The topological polar surface area (TPSA) is 17.1 Å². The van der Waals surface area contributed by atoms with Gasteiger partial charge in [-0.15, -0.1) is 0 Å². The summed E-state index contributed by atoms with van der Waals surface area (Å²) in [6.45, 7) is 0. The largest absolute Gasteiger partial charge is 0.306 e. The van der Waals surface area contributed by atoms with Crippen molar-refractivity contribution < 1.29 is 13.6 Å². The third kappa shape index (κ3) is 2.61. The third-order valence-electron chi connectivity index (χ3n) is 1.41. The second kappa shape index (κ2) is 3.85. The lowest BCUT2D eigenvalue weighted by Gasteiger charge is -1.97. The van der Waals surface area contributed by atoms with Gasteiger partial charge in [0, 0.05) is 0 Å². The van der Waals surface area contributed by atoms with Gasteiger partial charge >= 0.3 is 6.43 Å². The maximum atomic E-state index is 11.7. The molecular weight excluding hydrogens is 170 g/mol. The molecule has 0 saturated carbocycles. The molecule has 1 aliphatic rings. The zero-order valence-electron chi connectivity index (χ0n) is 5.85. The summed E-state index contributed by atoms with van der Waals surface area (Å²) < 4.78 is 23.4. The molecule has 0 amide bonds. The minimum atomic E-state index is -2.83. The van der Waals surface area contributed by atoms with Crippen LogP contribution in [0.5, 0.6) is 0 Å².